The topological polar surface area (TPSA) is 178 Å². The largest absolute Gasteiger partial charge is 0.465 e. The van der Waals surface area contributed by atoms with Crippen LogP contribution in [0.2, 0.25) is 0 Å². The average molecular weight is 438 g/mol. The molecule has 0 aromatic carbocycles. The minimum atomic E-state index is -1.56. The van der Waals surface area contributed by atoms with Gasteiger partial charge in [0.05, 0.1) is 19.8 Å². The van der Waals surface area contributed by atoms with Gasteiger partial charge in [0.2, 0.25) is 12.4 Å². The van der Waals surface area contributed by atoms with Crippen LogP contribution in [0.5, 0.6) is 0 Å². The van der Waals surface area contributed by atoms with Gasteiger partial charge in [-0.15, -0.1) is 0 Å². The first-order valence-electron chi connectivity index (χ1n) is 9.26. The SMILES string of the molecule is CCC(=O)OC(CO)C(OC(=O)CC)[C@@H](O/C=C\OC(C)=O)OCC(O)C(O)CO. The van der Waals surface area contributed by atoms with Crippen LogP contribution in [-0.4, -0.2) is 88.9 Å². The van der Waals surface area contributed by atoms with Crippen molar-refractivity contribution >= 4 is 17.9 Å². The van der Waals surface area contributed by atoms with Gasteiger partial charge in [0.1, 0.15) is 24.7 Å². The van der Waals surface area contributed by atoms with E-state index in [2.05, 4.69) is 4.74 Å². The molecule has 0 spiro atoms. The summed E-state index contributed by atoms with van der Waals surface area (Å²) in [4.78, 5) is 34.3. The summed E-state index contributed by atoms with van der Waals surface area (Å²) < 4.78 is 25.4. The standard InChI is InChI=1S/C18H30O12/c1-4-15(24)29-14(9-20)17(30-16(25)5-2)18(27-7-6-26-11(3)21)28-10-13(23)12(22)8-19/h6-7,12-14,17-20,22-23H,4-5,8-10H2,1-3H3/b7-6-/t12?,13?,14?,17?,18-/m0/s1. The molecule has 4 N–H and O–H groups in total. The highest BCUT2D eigenvalue weighted by Crippen LogP contribution is 2.17. The lowest BCUT2D eigenvalue weighted by Crippen LogP contribution is -2.48. The molecule has 0 aromatic heterocycles. The molecule has 0 aliphatic heterocycles. The van der Waals surface area contributed by atoms with Gasteiger partial charge in [-0.05, 0) is 0 Å². The smallest absolute Gasteiger partial charge is 0.307 e. The van der Waals surface area contributed by atoms with Gasteiger partial charge in [-0.1, -0.05) is 13.8 Å². The lowest BCUT2D eigenvalue weighted by atomic mass is 10.2. The van der Waals surface area contributed by atoms with Crippen molar-refractivity contribution in [3.63, 3.8) is 0 Å². The number of carbonyl (C=O) groups is 3. The zero-order valence-corrected chi connectivity index (χ0v) is 17.1. The van der Waals surface area contributed by atoms with Crippen molar-refractivity contribution in [2.24, 2.45) is 0 Å². The number of aliphatic hydroxyl groups excluding tert-OH is 4. The molecule has 0 radical (unpaired) electrons. The van der Waals surface area contributed by atoms with Crippen LogP contribution >= 0.6 is 0 Å². The third kappa shape index (κ3) is 11.1. The Hall–Kier alpha value is -2.25. The Balaban J connectivity index is 5.63. The third-order valence-electron chi connectivity index (χ3n) is 3.51. The molecule has 12 heteroatoms. The van der Waals surface area contributed by atoms with Gasteiger partial charge in [-0.25, -0.2) is 0 Å². The molecule has 0 amide bonds. The molecular weight excluding hydrogens is 408 g/mol. The maximum Gasteiger partial charge on any atom is 0.307 e. The molecule has 4 unspecified atom stereocenters. The van der Waals surface area contributed by atoms with Gasteiger partial charge in [0.25, 0.3) is 0 Å². The highest BCUT2D eigenvalue weighted by molar-refractivity contribution is 5.70. The average Bonchev–Trinajstić information content (AvgIpc) is 2.74. The summed E-state index contributed by atoms with van der Waals surface area (Å²) in [7, 11) is 0. The van der Waals surface area contributed by atoms with E-state index in [1.807, 2.05) is 0 Å². The van der Waals surface area contributed by atoms with E-state index in [1.165, 1.54) is 13.8 Å². The Morgan fingerprint density at radius 1 is 0.900 bits per heavy atom. The van der Waals surface area contributed by atoms with Crippen molar-refractivity contribution in [2.75, 3.05) is 19.8 Å². The molecule has 0 rings (SSSR count). The number of carbonyl (C=O) groups excluding carboxylic acids is 3. The first-order chi connectivity index (χ1) is 14.2. The minimum absolute atomic E-state index is 0.0227. The number of aliphatic hydroxyl groups is 4. The van der Waals surface area contributed by atoms with E-state index in [-0.39, 0.29) is 12.8 Å². The first-order valence-corrected chi connectivity index (χ1v) is 9.26. The molecule has 0 heterocycles. The van der Waals surface area contributed by atoms with Crippen molar-refractivity contribution in [2.45, 2.75) is 64.3 Å². The van der Waals surface area contributed by atoms with E-state index in [9.17, 15) is 29.7 Å². The van der Waals surface area contributed by atoms with Crippen molar-refractivity contribution < 1.29 is 58.5 Å². The molecule has 30 heavy (non-hydrogen) atoms. The van der Waals surface area contributed by atoms with Gasteiger partial charge < -0.3 is 44.1 Å². The minimum Gasteiger partial charge on any atom is -0.465 e. The van der Waals surface area contributed by atoms with Crippen molar-refractivity contribution in [1.29, 1.82) is 0 Å². The summed E-state index contributed by atoms with van der Waals surface area (Å²) in [6.45, 7) is 2.07. The second-order valence-electron chi connectivity index (χ2n) is 5.91. The predicted molar refractivity (Wildman–Crippen MR) is 98.3 cm³/mol. The van der Waals surface area contributed by atoms with E-state index in [0.717, 1.165) is 19.4 Å². The van der Waals surface area contributed by atoms with Gasteiger partial charge in [-0.3, -0.25) is 14.4 Å². The lowest BCUT2D eigenvalue weighted by Gasteiger charge is -2.31. The van der Waals surface area contributed by atoms with Crippen LogP contribution in [0.3, 0.4) is 0 Å². The summed E-state index contributed by atoms with van der Waals surface area (Å²) in [5.41, 5.74) is 0. The zero-order valence-electron chi connectivity index (χ0n) is 17.1. The van der Waals surface area contributed by atoms with Crippen LogP contribution in [0.1, 0.15) is 33.6 Å². The van der Waals surface area contributed by atoms with Crippen molar-refractivity contribution in [1.82, 2.24) is 0 Å². The summed E-state index contributed by atoms with van der Waals surface area (Å²) in [6, 6.07) is 0. The van der Waals surface area contributed by atoms with Gasteiger partial charge in [0.15, 0.2) is 6.10 Å². The Kier molecular flexibility index (Phi) is 14.4. The Morgan fingerprint density at radius 2 is 1.50 bits per heavy atom. The molecule has 174 valence electrons. The van der Waals surface area contributed by atoms with Crippen LogP contribution in [0.15, 0.2) is 12.5 Å². The Labute approximate surface area is 173 Å². The van der Waals surface area contributed by atoms with Crippen molar-refractivity contribution in [3.8, 4) is 0 Å². The molecule has 0 aliphatic carbocycles. The summed E-state index contributed by atoms with van der Waals surface area (Å²) in [5.74, 6) is -2.08. The van der Waals surface area contributed by atoms with E-state index in [4.69, 9.17) is 24.1 Å². The number of ether oxygens (including phenoxy) is 5. The van der Waals surface area contributed by atoms with Crippen LogP contribution in [-0.2, 0) is 38.1 Å². The number of hydrogen-bond acceptors (Lipinski definition) is 12. The van der Waals surface area contributed by atoms with Crippen LogP contribution in [0.4, 0.5) is 0 Å². The molecule has 0 aromatic rings. The number of rotatable bonds is 15. The summed E-state index contributed by atoms with van der Waals surface area (Å²) >= 11 is 0. The van der Waals surface area contributed by atoms with Crippen LogP contribution < -0.4 is 0 Å². The Morgan fingerprint density at radius 3 is 2.00 bits per heavy atom. The molecule has 0 aliphatic rings. The summed E-state index contributed by atoms with van der Waals surface area (Å²) in [5, 5.41) is 37.8. The van der Waals surface area contributed by atoms with Gasteiger partial charge in [-0.2, -0.15) is 0 Å². The lowest BCUT2D eigenvalue weighted by molar-refractivity contribution is -0.230. The fourth-order valence-electron chi connectivity index (χ4n) is 1.87. The fourth-order valence-corrected chi connectivity index (χ4v) is 1.87. The zero-order chi connectivity index (χ0) is 23.1. The van der Waals surface area contributed by atoms with E-state index in [1.54, 1.807) is 0 Å². The van der Waals surface area contributed by atoms with Crippen LogP contribution in [0.25, 0.3) is 0 Å². The maximum absolute atomic E-state index is 11.8. The normalized spacial score (nSPS) is 16.2. The van der Waals surface area contributed by atoms with Gasteiger partial charge in [0, 0.05) is 19.8 Å². The van der Waals surface area contributed by atoms with E-state index < -0.39 is 68.4 Å². The molecule has 0 saturated carbocycles. The quantitative estimate of drug-likeness (QED) is 0.103. The molecular formula is C18H30O12. The number of esters is 3. The maximum atomic E-state index is 11.8. The highest BCUT2D eigenvalue weighted by Gasteiger charge is 2.38. The first kappa shape index (κ1) is 27.8. The van der Waals surface area contributed by atoms with Gasteiger partial charge >= 0.3 is 17.9 Å². The molecule has 5 atom stereocenters. The molecule has 0 saturated heterocycles. The van der Waals surface area contributed by atoms with Crippen LogP contribution in [0, 0.1) is 0 Å². The molecule has 0 fully saturated rings. The fraction of sp³-hybridized carbons (Fsp3) is 0.722. The Bertz CT molecular complexity index is 549. The van der Waals surface area contributed by atoms with E-state index in [0.29, 0.717) is 0 Å². The van der Waals surface area contributed by atoms with E-state index >= 15 is 0 Å². The predicted octanol–water partition coefficient (Wildman–Crippen LogP) is -1.27. The second kappa shape index (κ2) is 15.6. The summed E-state index contributed by atoms with van der Waals surface area (Å²) in [6.07, 6.45) is -5.83. The third-order valence-corrected chi connectivity index (χ3v) is 3.51. The highest BCUT2D eigenvalue weighted by atomic mass is 16.7. The monoisotopic (exact) mass is 438 g/mol. The molecule has 0 bridgehead atoms. The number of hydrogen-bond donors (Lipinski definition) is 4. The van der Waals surface area contributed by atoms with Crippen molar-refractivity contribution in [3.05, 3.63) is 12.5 Å². The second-order valence-corrected chi connectivity index (χ2v) is 5.91. The molecule has 12 nitrogen and oxygen atoms in total.